The molecule has 7 fully saturated rings. The number of imidazole rings is 1. The van der Waals surface area contributed by atoms with Gasteiger partial charge < -0.3 is 24.5 Å². The first-order chi connectivity index (χ1) is 28.7. The second-order valence-electron chi connectivity index (χ2n) is 23.2. The van der Waals surface area contributed by atoms with Crippen molar-refractivity contribution in [2.24, 2.45) is 73.9 Å². The van der Waals surface area contributed by atoms with Crippen LogP contribution in [0.2, 0.25) is 0 Å². The molecule has 0 radical (unpaired) electrons. The Morgan fingerprint density at radius 3 is 2.25 bits per heavy atom. The lowest BCUT2D eigenvalue weighted by molar-refractivity contribution is -0.251. The van der Waals surface area contributed by atoms with E-state index in [9.17, 15) is 14.7 Å². The van der Waals surface area contributed by atoms with Crippen LogP contribution >= 0.6 is 0 Å². The van der Waals surface area contributed by atoms with Gasteiger partial charge in [0.1, 0.15) is 17.7 Å². The van der Waals surface area contributed by atoms with Gasteiger partial charge in [-0.1, -0.05) is 60.6 Å². The van der Waals surface area contributed by atoms with Crippen molar-refractivity contribution >= 4 is 17.8 Å². The maximum Gasteiger partial charge on any atom is 0.309 e. The van der Waals surface area contributed by atoms with Gasteiger partial charge in [0.05, 0.1) is 42.3 Å². The predicted octanol–water partition coefficient (Wildman–Crippen LogP) is 11.1. The van der Waals surface area contributed by atoms with Crippen molar-refractivity contribution in [3.05, 3.63) is 48.4 Å². The van der Waals surface area contributed by atoms with E-state index in [1.54, 1.807) is 7.11 Å². The fourth-order valence-electron chi connectivity index (χ4n) is 16.7. The Kier molecular flexibility index (Phi) is 10.1. The number of carboxylic acids is 1. The number of allylic oxidation sites excluding steroid dienone is 1. The normalized spacial score (nSPS) is 41.9. The van der Waals surface area contributed by atoms with Gasteiger partial charge in [-0.05, 0) is 171 Å². The lowest BCUT2D eigenvalue weighted by Crippen LogP contribution is -2.67. The summed E-state index contributed by atoms with van der Waals surface area (Å²) in [6.07, 6.45) is 14.5. The second-order valence-corrected chi connectivity index (χ2v) is 23.2. The van der Waals surface area contributed by atoms with Crippen LogP contribution in [-0.2, 0) is 19.1 Å². The van der Waals surface area contributed by atoms with Crippen LogP contribution in [0.1, 0.15) is 151 Å². The molecule has 1 saturated heterocycles. The molecule has 2 heterocycles. The molecule has 9 nitrogen and oxygen atoms in total. The number of esters is 1. The zero-order valence-electron chi connectivity index (χ0n) is 38.6. The molecule has 9 rings (SSSR count). The van der Waals surface area contributed by atoms with Crippen molar-refractivity contribution in [2.75, 3.05) is 13.7 Å². The Hall–Kier alpha value is -3.62. The fraction of sp³-hybridized carbons (Fsp3) is 0.731. The summed E-state index contributed by atoms with van der Waals surface area (Å²) < 4.78 is 11.9. The fourth-order valence-corrected chi connectivity index (χ4v) is 16.7. The van der Waals surface area contributed by atoms with Gasteiger partial charge in [-0.15, -0.1) is 0 Å². The topological polar surface area (TPSA) is 122 Å². The van der Waals surface area contributed by atoms with Gasteiger partial charge in [-0.25, -0.2) is 4.98 Å². The van der Waals surface area contributed by atoms with Crippen LogP contribution < -0.4 is 4.74 Å². The number of amides is 1. The minimum absolute atomic E-state index is 0.0465. The predicted molar refractivity (Wildman–Crippen MR) is 236 cm³/mol. The number of hydrogen-bond acceptors (Lipinski definition) is 6. The molecule has 2 N–H and O–H groups in total. The summed E-state index contributed by atoms with van der Waals surface area (Å²) in [6.45, 7) is 24.0. The van der Waals surface area contributed by atoms with Gasteiger partial charge in [-0.3, -0.25) is 14.4 Å². The van der Waals surface area contributed by atoms with Crippen molar-refractivity contribution in [3.8, 4) is 17.0 Å². The molecule has 61 heavy (non-hydrogen) atoms. The summed E-state index contributed by atoms with van der Waals surface area (Å²) in [5.41, 5.74) is 2.43. The molecule has 7 aliphatic rings. The summed E-state index contributed by atoms with van der Waals surface area (Å²) in [4.78, 5) is 51.9. The van der Waals surface area contributed by atoms with E-state index in [1.165, 1.54) is 12.0 Å². The number of aliphatic carboxylic acids is 1. The maximum atomic E-state index is 15.6. The third kappa shape index (κ3) is 6.02. The number of nitrogens with one attached hydrogen (secondary N) is 1. The van der Waals surface area contributed by atoms with Gasteiger partial charge >= 0.3 is 11.9 Å². The number of fused-ring (bicyclic) bond motifs is 7. The third-order valence-corrected chi connectivity index (χ3v) is 20.4. The van der Waals surface area contributed by atoms with E-state index in [-0.39, 0.29) is 57.0 Å². The number of carboxylic acid groups (broad SMARTS) is 1. The number of methoxy groups -OCH3 is 1. The number of carbonyl (C=O) groups excluding carboxylic acids is 2. The molecule has 13 atom stereocenters. The number of hydrogen-bond donors (Lipinski definition) is 2. The largest absolute Gasteiger partial charge is 0.497 e. The summed E-state index contributed by atoms with van der Waals surface area (Å²) in [6, 6.07) is 8.00. The number of ether oxygens (including phenoxy) is 2. The number of aromatic nitrogens is 2. The zero-order chi connectivity index (χ0) is 43.7. The number of aromatic amines is 1. The minimum Gasteiger partial charge on any atom is -0.497 e. The second kappa shape index (κ2) is 14.5. The zero-order valence-corrected chi connectivity index (χ0v) is 38.6. The van der Waals surface area contributed by atoms with E-state index >= 15 is 4.79 Å². The van der Waals surface area contributed by atoms with Crippen LogP contribution in [0, 0.1) is 73.9 Å². The number of carbonyl (C=O) groups is 3. The van der Waals surface area contributed by atoms with Crippen LogP contribution in [0.15, 0.2) is 42.6 Å². The van der Waals surface area contributed by atoms with E-state index < -0.39 is 17.3 Å². The Morgan fingerprint density at radius 1 is 0.836 bits per heavy atom. The SMILES string of the molecule is C=C(C)[C@@H]1CC[C@]2(C(=O)N3CCCC3c3ncc(-c4ccc(OC)cc4)[nH]3)CC[C@]3(C)[C@H](CC[C@@H]4[C@@]5(C)CC[C@H](OC(=O)[C@H]6C[C@@H](C(=O)O)C6(C)C)C(C)(C)[C@@H]5CC[C@]43C)[C@@H]12. The summed E-state index contributed by atoms with van der Waals surface area (Å²) in [7, 11) is 1.68. The molecule has 332 valence electrons. The Morgan fingerprint density at radius 2 is 1.57 bits per heavy atom. The van der Waals surface area contributed by atoms with Gasteiger partial charge in [0.2, 0.25) is 5.91 Å². The molecule has 6 saturated carbocycles. The van der Waals surface area contributed by atoms with Crippen molar-refractivity contribution < 1.29 is 29.0 Å². The Bertz CT molecular complexity index is 2090. The molecule has 2 aromatic rings. The standard InChI is InChI=1S/C52H73N3O6/c1-30(2)33-19-24-52(46(59)55-27-11-12-38(55)43-53-29-37(54-43)31-13-15-32(60-10)16-14-31)26-25-50(8)34(42(33)52)17-18-40-49(7)22-21-41(48(5,6)39(49)20-23-51(40,50)9)61-45(58)36-28-35(44(56)57)47(36,3)4/h13-16,29,33-36,38-42H,1,11-12,17-28H2,2-10H3,(H,53,54)(H,56,57)/t33-,34+,35-,36+,38?,39-,40+,41-,42+,49-,50+,51+,52-/m0/s1. The smallest absolute Gasteiger partial charge is 0.309 e. The quantitative estimate of drug-likeness (QED) is 0.201. The van der Waals surface area contributed by atoms with Gasteiger partial charge in [0.15, 0.2) is 0 Å². The monoisotopic (exact) mass is 836 g/mol. The molecule has 1 aromatic carbocycles. The molecule has 1 aliphatic heterocycles. The van der Waals surface area contributed by atoms with Gasteiger partial charge in [0, 0.05) is 12.0 Å². The summed E-state index contributed by atoms with van der Waals surface area (Å²) in [5, 5.41) is 9.71. The lowest BCUT2D eigenvalue weighted by atomic mass is 9.32. The van der Waals surface area contributed by atoms with E-state index in [0.717, 1.165) is 100 Å². The molecule has 0 spiro atoms. The number of H-pyrrole nitrogens is 1. The molecule has 1 amide bonds. The Balaban J connectivity index is 0.960. The van der Waals surface area contributed by atoms with Crippen molar-refractivity contribution in [2.45, 2.75) is 151 Å². The average Bonchev–Trinajstić information content (AvgIpc) is 3.98. The van der Waals surface area contributed by atoms with Gasteiger partial charge in [-0.2, -0.15) is 0 Å². The molecule has 9 heteroatoms. The van der Waals surface area contributed by atoms with Crippen LogP contribution in [0.3, 0.4) is 0 Å². The molecular weight excluding hydrogens is 763 g/mol. The van der Waals surface area contributed by atoms with Crippen LogP contribution in [0.4, 0.5) is 0 Å². The van der Waals surface area contributed by atoms with E-state index in [1.807, 2.05) is 32.2 Å². The number of nitrogens with zero attached hydrogens (tertiary/aromatic N) is 2. The van der Waals surface area contributed by atoms with Gasteiger partial charge in [0.25, 0.3) is 0 Å². The highest BCUT2D eigenvalue weighted by Gasteiger charge is 2.72. The summed E-state index contributed by atoms with van der Waals surface area (Å²) >= 11 is 0. The number of benzene rings is 1. The average molecular weight is 836 g/mol. The van der Waals surface area contributed by atoms with E-state index in [4.69, 9.17) is 14.5 Å². The Labute approximate surface area is 364 Å². The highest BCUT2D eigenvalue weighted by atomic mass is 16.5. The van der Waals surface area contributed by atoms with Crippen LogP contribution in [0.25, 0.3) is 11.3 Å². The summed E-state index contributed by atoms with van der Waals surface area (Å²) in [5.74, 6) is 2.25. The van der Waals surface area contributed by atoms with Crippen LogP contribution in [-0.4, -0.2) is 57.6 Å². The highest BCUT2D eigenvalue weighted by molar-refractivity contribution is 5.85. The van der Waals surface area contributed by atoms with E-state index in [0.29, 0.717) is 36.0 Å². The van der Waals surface area contributed by atoms with E-state index in [2.05, 4.69) is 70.1 Å². The van der Waals surface area contributed by atoms with Crippen molar-refractivity contribution in [1.29, 1.82) is 0 Å². The molecule has 1 unspecified atom stereocenters. The maximum absolute atomic E-state index is 15.6. The highest BCUT2D eigenvalue weighted by Crippen LogP contribution is 2.78. The number of rotatable bonds is 8. The first kappa shape index (κ1) is 42.7. The molecule has 6 aliphatic carbocycles. The first-order valence-corrected chi connectivity index (χ1v) is 23.8. The van der Waals surface area contributed by atoms with Crippen molar-refractivity contribution in [3.63, 3.8) is 0 Å². The molecule has 1 aromatic heterocycles. The van der Waals surface area contributed by atoms with Crippen LogP contribution in [0.5, 0.6) is 5.75 Å². The lowest BCUT2D eigenvalue weighted by Gasteiger charge is -2.73. The number of likely N-dealkylation sites (tertiary alicyclic amines) is 1. The first-order valence-electron chi connectivity index (χ1n) is 23.8. The molecule has 0 bridgehead atoms. The van der Waals surface area contributed by atoms with Crippen molar-refractivity contribution in [1.82, 2.24) is 14.9 Å². The molecular formula is C52H73N3O6. The minimum atomic E-state index is -0.819. The third-order valence-electron chi connectivity index (χ3n) is 20.4.